The molecule has 2 heterocycles. The lowest BCUT2D eigenvalue weighted by Gasteiger charge is -2.31. The van der Waals surface area contributed by atoms with Crippen LogP contribution in [0.25, 0.3) is 10.9 Å². The second-order valence-corrected chi connectivity index (χ2v) is 17.8. The van der Waals surface area contributed by atoms with Gasteiger partial charge in [0.15, 0.2) is 0 Å². The van der Waals surface area contributed by atoms with E-state index in [4.69, 9.17) is 19.2 Å². The predicted octanol–water partition coefficient (Wildman–Crippen LogP) is 3.83. The van der Waals surface area contributed by atoms with Crippen molar-refractivity contribution >= 4 is 44.7 Å². The van der Waals surface area contributed by atoms with Crippen molar-refractivity contribution in [3.05, 3.63) is 42.1 Å². The van der Waals surface area contributed by atoms with Gasteiger partial charge >= 0.3 is 6.09 Å². The molecule has 4 aliphatic carbocycles. The van der Waals surface area contributed by atoms with Crippen LogP contribution in [0.4, 0.5) is 4.79 Å². The van der Waals surface area contributed by atoms with Gasteiger partial charge in [0.25, 0.3) is 5.91 Å². The number of ether oxygens (including phenoxy) is 3. The first kappa shape index (κ1) is 37.9. The number of sulfonamides is 1. The molecule has 1 aliphatic heterocycles. The summed E-state index contributed by atoms with van der Waals surface area (Å²) in [4.78, 5) is 61.9. The fraction of sp³-hybridized carbons (Fsp3) is 0.615. The molecule has 1 saturated heterocycles. The van der Waals surface area contributed by atoms with Gasteiger partial charge in [-0.05, 0) is 88.7 Å². The van der Waals surface area contributed by atoms with E-state index < -0.39 is 68.7 Å². The number of hydrogen-bond donors (Lipinski definition) is 3. The minimum atomic E-state index is -3.89. The van der Waals surface area contributed by atoms with Crippen LogP contribution >= 0.6 is 0 Å². The molecule has 1 aromatic carbocycles. The normalized spacial score (nSPS) is 25.8. The molecule has 7 rings (SSSR count). The maximum atomic E-state index is 14.5. The fourth-order valence-electron chi connectivity index (χ4n) is 8.19. The standard InChI is InChI=1S/C39H51N5O9S/c1-5-23-20-39(23,37(47)43-54(49,50)27-15-16-27)42-35(45)32-19-26(21-44(32)36(46)33(22(2)3)41-38(48)53-24-10-6-7-11-24)52-34-28-12-8-9-13-30(28)40-31-18-25(51-4)14-17-29(31)34/h5,14,17-18,22-24,26-27,32-33H,1,6-13,15-16,19-21H2,2-4H3,(H,41,48)(H,42,45)(H,43,47)/t23-,26+,32-,33-,39-/m0/s1. The Morgan fingerprint density at radius 1 is 1.04 bits per heavy atom. The zero-order valence-corrected chi connectivity index (χ0v) is 32.0. The van der Waals surface area contributed by atoms with Crippen molar-refractivity contribution in [3.63, 3.8) is 0 Å². The maximum absolute atomic E-state index is 14.5. The Morgan fingerprint density at radius 2 is 1.78 bits per heavy atom. The monoisotopic (exact) mass is 765 g/mol. The van der Waals surface area contributed by atoms with Gasteiger partial charge in [0, 0.05) is 35.0 Å². The molecule has 5 aliphatic rings. The minimum Gasteiger partial charge on any atom is -0.497 e. The molecular weight excluding hydrogens is 715 g/mol. The minimum absolute atomic E-state index is 0.0222. The van der Waals surface area contributed by atoms with E-state index in [2.05, 4.69) is 21.9 Å². The van der Waals surface area contributed by atoms with Crippen molar-refractivity contribution in [1.29, 1.82) is 0 Å². The van der Waals surface area contributed by atoms with E-state index in [9.17, 15) is 27.6 Å². The molecule has 54 heavy (non-hydrogen) atoms. The van der Waals surface area contributed by atoms with E-state index in [1.54, 1.807) is 21.0 Å². The number of likely N-dealkylation sites (tertiary alicyclic amines) is 1. The van der Waals surface area contributed by atoms with Crippen LogP contribution in [-0.2, 0) is 42.0 Å². The number of methoxy groups -OCH3 is 1. The Labute approximate surface area is 316 Å². The van der Waals surface area contributed by atoms with Gasteiger partial charge in [-0.2, -0.15) is 0 Å². The predicted molar refractivity (Wildman–Crippen MR) is 199 cm³/mol. The van der Waals surface area contributed by atoms with Gasteiger partial charge in [-0.25, -0.2) is 13.2 Å². The summed E-state index contributed by atoms with van der Waals surface area (Å²) in [5.41, 5.74) is 1.13. The third-order valence-electron chi connectivity index (χ3n) is 11.6. The number of pyridine rings is 1. The molecule has 2 aromatic rings. The first-order valence-corrected chi connectivity index (χ1v) is 20.8. The summed E-state index contributed by atoms with van der Waals surface area (Å²) in [6, 6.07) is 3.49. The lowest BCUT2D eigenvalue weighted by atomic mass is 9.93. The Morgan fingerprint density at radius 3 is 2.44 bits per heavy atom. The van der Waals surface area contributed by atoms with Crippen molar-refractivity contribution in [2.24, 2.45) is 11.8 Å². The Hall–Kier alpha value is -4.40. The first-order valence-electron chi connectivity index (χ1n) is 19.3. The highest BCUT2D eigenvalue weighted by molar-refractivity contribution is 7.91. The average Bonchev–Trinajstić information content (AvgIpc) is 4.03. The highest BCUT2D eigenvalue weighted by Crippen LogP contribution is 2.46. The third-order valence-corrected chi connectivity index (χ3v) is 13.4. The third kappa shape index (κ3) is 7.60. The van der Waals surface area contributed by atoms with Gasteiger partial charge in [0.1, 0.15) is 41.3 Å². The number of rotatable bonds is 13. The number of aryl methyl sites for hydroxylation is 1. The van der Waals surface area contributed by atoms with Gasteiger partial charge in [-0.3, -0.25) is 24.1 Å². The summed E-state index contributed by atoms with van der Waals surface area (Å²) < 4.78 is 45.6. The number of alkyl carbamates (subject to hydrolysis) is 1. The second kappa shape index (κ2) is 15.0. The van der Waals surface area contributed by atoms with Gasteiger partial charge in [0.05, 0.1) is 24.4 Å². The number of carbonyl (C=O) groups excluding carboxylic acids is 4. The van der Waals surface area contributed by atoms with E-state index in [1.807, 2.05) is 18.2 Å². The summed E-state index contributed by atoms with van der Waals surface area (Å²) in [6.45, 7) is 7.43. The van der Waals surface area contributed by atoms with Crippen molar-refractivity contribution in [1.82, 2.24) is 25.2 Å². The molecule has 0 bridgehead atoms. The Balaban J connectivity index is 1.18. The first-order chi connectivity index (χ1) is 25.8. The molecule has 3 saturated carbocycles. The maximum Gasteiger partial charge on any atom is 0.408 e. The van der Waals surface area contributed by atoms with Crippen LogP contribution in [-0.4, -0.2) is 90.9 Å². The lowest BCUT2D eigenvalue weighted by molar-refractivity contribution is -0.141. The molecule has 292 valence electrons. The number of nitrogens with one attached hydrogen (secondary N) is 3. The molecule has 3 N–H and O–H groups in total. The Kier molecular flexibility index (Phi) is 10.5. The zero-order chi connectivity index (χ0) is 38.4. The summed E-state index contributed by atoms with van der Waals surface area (Å²) >= 11 is 0. The van der Waals surface area contributed by atoms with Crippen LogP contribution in [0.1, 0.15) is 89.3 Å². The second-order valence-electron chi connectivity index (χ2n) is 15.8. The van der Waals surface area contributed by atoms with Gasteiger partial charge < -0.3 is 29.7 Å². The highest BCUT2D eigenvalue weighted by atomic mass is 32.2. The van der Waals surface area contributed by atoms with Crippen molar-refractivity contribution in [2.75, 3.05) is 13.7 Å². The van der Waals surface area contributed by atoms with Crippen molar-refractivity contribution < 1.29 is 41.8 Å². The van der Waals surface area contributed by atoms with Crippen LogP contribution < -0.4 is 24.8 Å². The number of carbonyl (C=O) groups is 4. The largest absolute Gasteiger partial charge is 0.497 e. The van der Waals surface area contributed by atoms with Crippen molar-refractivity contribution in [2.45, 2.75) is 126 Å². The molecule has 4 amide bonds. The van der Waals surface area contributed by atoms with Crippen LogP contribution in [0, 0.1) is 11.8 Å². The number of amides is 4. The van der Waals surface area contributed by atoms with E-state index in [1.165, 1.54) is 11.0 Å². The summed E-state index contributed by atoms with van der Waals surface area (Å²) in [6.07, 6.45) is 8.18. The number of nitrogens with zero attached hydrogens (tertiary/aromatic N) is 2. The highest BCUT2D eigenvalue weighted by Gasteiger charge is 2.62. The molecule has 0 radical (unpaired) electrons. The van der Waals surface area contributed by atoms with E-state index in [0.717, 1.165) is 68.0 Å². The summed E-state index contributed by atoms with van der Waals surface area (Å²) in [5, 5.41) is 5.76. The molecule has 5 atom stereocenters. The molecule has 15 heteroatoms. The molecular formula is C39H51N5O9S. The van der Waals surface area contributed by atoms with Gasteiger partial charge in [-0.15, -0.1) is 6.58 Å². The van der Waals surface area contributed by atoms with E-state index in [0.29, 0.717) is 29.9 Å². The fourth-order valence-corrected chi connectivity index (χ4v) is 9.56. The average molecular weight is 766 g/mol. The van der Waals surface area contributed by atoms with Crippen molar-refractivity contribution in [3.8, 4) is 11.5 Å². The molecule has 0 spiro atoms. The SMILES string of the molecule is C=C[C@H]1C[C@@]1(NC(=O)[C@@H]1C[C@@H](Oc2c3c(nc4cc(OC)ccc24)CCCC3)CN1C(=O)[C@@H](NC(=O)OC1CCCC1)C(C)C)C(=O)NS(=O)(=O)C1CC1. The van der Waals surface area contributed by atoms with Crippen LogP contribution in [0.15, 0.2) is 30.9 Å². The molecule has 0 unspecified atom stereocenters. The molecule has 14 nitrogen and oxygen atoms in total. The number of hydrogen-bond acceptors (Lipinski definition) is 10. The zero-order valence-electron chi connectivity index (χ0n) is 31.2. The van der Waals surface area contributed by atoms with E-state index >= 15 is 0 Å². The molecule has 1 aromatic heterocycles. The lowest BCUT2D eigenvalue weighted by Crippen LogP contribution is -2.59. The van der Waals surface area contributed by atoms with Crippen LogP contribution in [0.2, 0.25) is 0 Å². The molecule has 4 fully saturated rings. The van der Waals surface area contributed by atoms with Gasteiger partial charge in [0.2, 0.25) is 21.8 Å². The number of benzene rings is 1. The topological polar surface area (TPSA) is 182 Å². The van der Waals surface area contributed by atoms with Crippen LogP contribution in [0.5, 0.6) is 11.5 Å². The van der Waals surface area contributed by atoms with Crippen LogP contribution in [0.3, 0.4) is 0 Å². The number of aromatic nitrogens is 1. The quantitative estimate of drug-likeness (QED) is 0.254. The number of fused-ring (bicyclic) bond motifs is 2. The summed E-state index contributed by atoms with van der Waals surface area (Å²) in [7, 11) is -2.29. The Bertz CT molecular complexity index is 1940. The van der Waals surface area contributed by atoms with E-state index in [-0.39, 0.29) is 31.4 Å². The summed E-state index contributed by atoms with van der Waals surface area (Å²) in [5.74, 6) is -1.48. The smallest absolute Gasteiger partial charge is 0.408 e. The van der Waals surface area contributed by atoms with Gasteiger partial charge in [-0.1, -0.05) is 19.9 Å².